The average Bonchev–Trinajstić information content (AvgIpc) is 2.55. The third kappa shape index (κ3) is 3.10. The van der Waals surface area contributed by atoms with Crippen LogP contribution in [0.2, 0.25) is 0 Å². The van der Waals surface area contributed by atoms with Gasteiger partial charge in [-0.05, 0) is 12.1 Å². The van der Waals surface area contributed by atoms with E-state index in [0.717, 1.165) is 0 Å². The number of hydrogen-bond acceptors (Lipinski definition) is 3. The van der Waals surface area contributed by atoms with Gasteiger partial charge in [-0.3, -0.25) is 5.41 Å². The minimum Gasteiger partial charge on any atom is -0.406 e. The summed E-state index contributed by atoms with van der Waals surface area (Å²) in [5, 5.41) is 8.34. The number of amidine groups is 1. The zero-order valence-electron chi connectivity index (χ0n) is 9.49. The van der Waals surface area contributed by atoms with Gasteiger partial charge in [0, 0.05) is 23.5 Å². The van der Waals surface area contributed by atoms with Crippen LogP contribution in [0.15, 0.2) is 24.3 Å². The Labute approximate surface area is 106 Å². The molecule has 1 fully saturated rings. The van der Waals surface area contributed by atoms with Gasteiger partial charge >= 0.3 is 6.36 Å². The quantitative estimate of drug-likeness (QED) is 0.898. The number of benzene rings is 1. The van der Waals surface area contributed by atoms with Crippen LogP contribution in [0.1, 0.15) is 6.92 Å². The van der Waals surface area contributed by atoms with Gasteiger partial charge in [-0.25, -0.2) is 0 Å². The topological polar surface area (TPSA) is 36.3 Å². The van der Waals surface area contributed by atoms with Crippen LogP contribution < -0.4 is 9.64 Å². The molecule has 3 nitrogen and oxygen atoms in total. The maximum absolute atomic E-state index is 12.1. The monoisotopic (exact) mass is 276 g/mol. The van der Waals surface area contributed by atoms with Crippen molar-refractivity contribution in [3.63, 3.8) is 0 Å². The predicted octanol–water partition coefficient (Wildman–Crippen LogP) is 3.46. The third-order valence-corrected chi connectivity index (χ3v) is 3.36. The number of thioether (sulfide) groups is 1. The number of hydrogen-bond donors (Lipinski definition) is 1. The van der Waals surface area contributed by atoms with Crippen molar-refractivity contribution in [3.8, 4) is 5.75 Å². The first-order chi connectivity index (χ1) is 8.35. The molecule has 0 radical (unpaired) electrons. The van der Waals surface area contributed by atoms with Crippen molar-refractivity contribution < 1.29 is 17.9 Å². The fourth-order valence-electron chi connectivity index (χ4n) is 1.70. The highest BCUT2D eigenvalue weighted by Gasteiger charge is 2.32. The zero-order chi connectivity index (χ0) is 13.3. The number of rotatable bonds is 2. The second-order valence-corrected chi connectivity index (χ2v) is 5.32. The molecular formula is C11H11F3N2OS. The van der Waals surface area contributed by atoms with Crippen molar-refractivity contribution in [2.24, 2.45) is 0 Å². The summed E-state index contributed by atoms with van der Waals surface area (Å²) in [5.74, 6) is -0.266. The molecule has 0 saturated carbocycles. The van der Waals surface area contributed by atoms with E-state index in [1.54, 1.807) is 11.0 Å². The molecule has 0 bridgehead atoms. The molecule has 1 aliphatic rings. The summed E-state index contributed by atoms with van der Waals surface area (Å²) < 4.78 is 40.2. The second kappa shape index (κ2) is 4.72. The zero-order valence-corrected chi connectivity index (χ0v) is 10.3. The molecule has 0 aromatic heterocycles. The lowest BCUT2D eigenvalue weighted by molar-refractivity contribution is -0.274. The number of halogens is 3. The SMILES string of the molecule is CC1CN(c2cccc(OC(F)(F)F)c2)C(=N)S1. The lowest BCUT2D eigenvalue weighted by Gasteiger charge is -2.18. The van der Waals surface area contributed by atoms with Crippen LogP contribution in [-0.2, 0) is 0 Å². The fourth-order valence-corrected chi connectivity index (χ4v) is 2.61. The Bertz CT molecular complexity index is 464. The number of nitrogens with one attached hydrogen (secondary N) is 1. The Kier molecular flexibility index (Phi) is 3.43. The summed E-state index contributed by atoms with van der Waals surface area (Å²) in [6.45, 7) is 2.58. The number of alkyl halides is 3. The Morgan fingerprint density at radius 1 is 1.44 bits per heavy atom. The van der Waals surface area contributed by atoms with Crippen LogP contribution in [-0.4, -0.2) is 23.3 Å². The molecule has 1 aromatic carbocycles. The largest absolute Gasteiger partial charge is 0.573 e. The molecule has 0 amide bonds. The Morgan fingerprint density at radius 3 is 2.72 bits per heavy atom. The van der Waals surface area contributed by atoms with Gasteiger partial charge in [0.1, 0.15) is 5.75 Å². The van der Waals surface area contributed by atoms with E-state index in [1.165, 1.54) is 30.0 Å². The summed E-state index contributed by atoms with van der Waals surface area (Å²) in [5.41, 5.74) is 0.540. The van der Waals surface area contributed by atoms with Crippen molar-refractivity contribution in [1.29, 1.82) is 5.41 Å². The molecule has 0 spiro atoms. The van der Waals surface area contributed by atoms with Gasteiger partial charge in [0.2, 0.25) is 0 Å². The molecule has 18 heavy (non-hydrogen) atoms. The highest BCUT2D eigenvalue weighted by atomic mass is 32.2. The third-order valence-electron chi connectivity index (χ3n) is 2.36. The highest BCUT2D eigenvalue weighted by Crippen LogP contribution is 2.32. The number of nitrogens with zero attached hydrogens (tertiary/aromatic N) is 1. The van der Waals surface area contributed by atoms with Crippen molar-refractivity contribution in [2.45, 2.75) is 18.5 Å². The molecule has 1 atom stereocenters. The molecule has 1 saturated heterocycles. The normalized spacial score (nSPS) is 20.3. The Morgan fingerprint density at radius 2 is 2.17 bits per heavy atom. The van der Waals surface area contributed by atoms with Crippen LogP contribution in [0.5, 0.6) is 5.75 Å². The molecule has 1 aromatic rings. The van der Waals surface area contributed by atoms with Gasteiger partial charge < -0.3 is 9.64 Å². The predicted molar refractivity (Wildman–Crippen MR) is 65.3 cm³/mol. The van der Waals surface area contributed by atoms with Crippen molar-refractivity contribution in [3.05, 3.63) is 24.3 Å². The molecule has 98 valence electrons. The maximum Gasteiger partial charge on any atom is 0.573 e. The van der Waals surface area contributed by atoms with E-state index in [4.69, 9.17) is 5.41 Å². The Balaban J connectivity index is 2.20. The first kappa shape index (κ1) is 13.1. The smallest absolute Gasteiger partial charge is 0.406 e. The molecule has 1 aliphatic heterocycles. The summed E-state index contributed by atoms with van der Waals surface area (Å²) in [4.78, 5) is 1.67. The highest BCUT2D eigenvalue weighted by molar-refractivity contribution is 8.15. The minimum atomic E-state index is -4.70. The summed E-state index contributed by atoms with van der Waals surface area (Å²) >= 11 is 1.39. The summed E-state index contributed by atoms with van der Waals surface area (Å²) in [6.07, 6.45) is -4.70. The van der Waals surface area contributed by atoms with Gasteiger partial charge in [-0.2, -0.15) is 0 Å². The lowest BCUT2D eigenvalue weighted by Crippen LogP contribution is -2.24. The fraction of sp³-hybridized carbons (Fsp3) is 0.364. The van der Waals surface area contributed by atoms with Gasteiger partial charge in [0.05, 0.1) is 0 Å². The van der Waals surface area contributed by atoms with E-state index in [9.17, 15) is 13.2 Å². The standard InChI is InChI=1S/C11H11F3N2OS/c1-7-6-16(10(15)18-7)8-3-2-4-9(5-8)17-11(12,13)14/h2-5,7,15H,6H2,1H3. The molecule has 1 unspecified atom stereocenters. The van der Waals surface area contributed by atoms with Crippen LogP contribution in [0.3, 0.4) is 0 Å². The number of ether oxygens (including phenoxy) is 1. The number of anilines is 1. The first-order valence-corrected chi connectivity index (χ1v) is 6.12. The molecule has 1 heterocycles. The molecule has 1 N–H and O–H groups in total. The van der Waals surface area contributed by atoms with Gasteiger partial charge in [-0.1, -0.05) is 24.8 Å². The van der Waals surface area contributed by atoms with Crippen LogP contribution >= 0.6 is 11.8 Å². The van der Waals surface area contributed by atoms with Crippen molar-refractivity contribution in [2.75, 3.05) is 11.4 Å². The van der Waals surface area contributed by atoms with Gasteiger partial charge in [0.25, 0.3) is 0 Å². The van der Waals surface area contributed by atoms with E-state index < -0.39 is 6.36 Å². The van der Waals surface area contributed by atoms with Crippen molar-refractivity contribution in [1.82, 2.24) is 0 Å². The summed E-state index contributed by atoms with van der Waals surface area (Å²) in [6, 6.07) is 5.68. The van der Waals surface area contributed by atoms with E-state index in [2.05, 4.69) is 4.74 Å². The van der Waals surface area contributed by atoms with Crippen LogP contribution in [0.25, 0.3) is 0 Å². The van der Waals surface area contributed by atoms with Gasteiger partial charge in [-0.15, -0.1) is 13.2 Å². The van der Waals surface area contributed by atoms with E-state index in [0.29, 0.717) is 17.4 Å². The lowest BCUT2D eigenvalue weighted by atomic mass is 10.2. The molecule has 0 aliphatic carbocycles. The van der Waals surface area contributed by atoms with Crippen LogP contribution in [0.4, 0.5) is 18.9 Å². The van der Waals surface area contributed by atoms with E-state index in [1.807, 2.05) is 6.92 Å². The minimum absolute atomic E-state index is 0.254. The molecule has 2 rings (SSSR count). The molecular weight excluding hydrogens is 265 g/mol. The average molecular weight is 276 g/mol. The summed E-state index contributed by atoms with van der Waals surface area (Å²) in [7, 11) is 0. The molecule has 7 heteroatoms. The maximum atomic E-state index is 12.1. The Hall–Kier alpha value is -1.37. The van der Waals surface area contributed by atoms with E-state index >= 15 is 0 Å². The first-order valence-electron chi connectivity index (χ1n) is 5.24. The van der Waals surface area contributed by atoms with Crippen LogP contribution in [0, 0.1) is 5.41 Å². The van der Waals surface area contributed by atoms with Gasteiger partial charge in [0.15, 0.2) is 5.17 Å². The second-order valence-electron chi connectivity index (χ2n) is 3.89. The van der Waals surface area contributed by atoms with Crippen molar-refractivity contribution >= 4 is 22.6 Å². The van der Waals surface area contributed by atoms with E-state index in [-0.39, 0.29) is 11.0 Å².